The molecule has 0 aliphatic carbocycles. The van der Waals surface area contributed by atoms with Crippen molar-refractivity contribution in [3.63, 3.8) is 0 Å². The number of rotatable bonds is 3. The fourth-order valence-corrected chi connectivity index (χ4v) is 2.17. The Labute approximate surface area is 94.1 Å². The summed E-state index contributed by atoms with van der Waals surface area (Å²) < 4.78 is -0.217. The number of aliphatic imine (C=N–C) groups is 1. The fraction of sp³-hybridized carbons (Fsp3) is 0.125. The Morgan fingerprint density at radius 1 is 1.62 bits per heavy atom. The third-order valence-electron chi connectivity index (χ3n) is 2.18. The number of hydrogen-bond acceptors (Lipinski definition) is 6. The molecule has 0 N–H and O–H groups in total. The van der Waals surface area contributed by atoms with Gasteiger partial charge in [0.15, 0.2) is 12.5 Å². The van der Waals surface area contributed by atoms with Gasteiger partial charge in [-0.2, -0.15) is 9.98 Å². The normalized spacial score (nSPS) is 23.2. The highest BCUT2D eigenvalue weighted by molar-refractivity contribution is 7.13. The summed E-state index contributed by atoms with van der Waals surface area (Å²) in [6, 6.07) is 0. The van der Waals surface area contributed by atoms with Crippen LogP contribution in [0.2, 0.25) is 0 Å². The molecule has 2 rings (SSSR count). The lowest BCUT2D eigenvalue weighted by Crippen LogP contribution is -2.43. The molecule has 0 fully saturated rings. The monoisotopic (exact) mass is 239 g/mol. The standard InChI is InChI=1S/C8H7N4O3S/c1-12(5-9-2-7(12)11(14)15)8-10-6(3-13)4-16-8/h2-5H,1H3/q+1. The first kappa shape index (κ1) is 10.6. The lowest BCUT2D eigenvalue weighted by Gasteiger charge is -2.16. The fourth-order valence-electron chi connectivity index (χ4n) is 1.32. The molecule has 16 heavy (non-hydrogen) atoms. The Balaban J connectivity index is 2.46. The van der Waals surface area contributed by atoms with E-state index < -0.39 is 4.92 Å². The van der Waals surface area contributed by atoms with Crippen molar-refractivity contribution in [2.24, 2.45) is 4.99 Å². The molecular weight excluding hydrogens is 232 g/mol. The third kappa shape index (κ3) is 1.44. The highest BCUT2D eigenvalue weighted by Crippen LogP contribution is 2.31. The zero-order chi connectivity index (χ0) is 11.8. The Bertz CT molecular complexity index is 521. The van der Waals surface area contributed by atoms with Crippen LogP contribution >= 0.6 is 11.3 Å². The van der Waals surface area contributed by atoms with Crippen LogP contribution in [0.5, 0.6) is 0 Å². The number of hydrogen-bond donors (Lipinski definition) is 0. The largest absolute Gasteiger partial charge is 0.459 e. The molecular formula is C8H7N4O3S+. The van der Waals surface area contributed by atoms with E-state index in [0.717, 1.165) is 0 Å². The van der Waals surface area contributed by atoms with Crippen molar-refractivity contribution in [3.05, 3.63) is 33.2 Å². The highest BCUT2D eigenvalue weighted by Gasteiger charge is 2.44. The van der Waals surface area contributed by atoms with Crippen LogP contribution in [0.25, 0.3) is 0 Å². The van der Waals surface area contributed by atoms with Crippen LogP contribution in [-0.4, -0.2) is 29.6 Å². The van der Waals surface area contributed by atoms with E-state index in [4.69, 9.17) is 0 Å². The number of nitro groups is 1. The van der Waals surface area contributed by atoms with E-state index >= 15 is 0 Å². The maximum atomic E-state index is 10.8. The van der Waals surface area contributed by atoms with Crippen molar-refractivity contribution >= 4 is 29.1 Å². The maximum Gasteiger partial charge on any atom is 0.459 e. The number of carbonyl (C=O) groups is 1. The summed E-state index contributed by atoms with van der Waals surface area (Å²) in [5, 5.41) is 12.8. The Morgan fingerprint density at radius 2 is 2.38 bits per heavy atom. The van der Waals surface area contributed by atoms with E-state index in [1.807, 2.05) is 0 Å². The van der Waals surface area contributed by atoms with Gasteiger partial charge in [0.25, 0.3) is 0 Å². The molecule has 1 unspecified atom stereocenters. The summed E-state index contributed by atoms with van der Waals surface area (Å²) in [5.41, 5.74) is 0.266. The lowest BCUT2D eigenvalue weighted by atomic mass is 10.5. The Kier molecular flexibility index (Phi) is 2.37. The Hall–Kier alpha value is -1.93. The molecule has 0 spiro atoms. The predicted molar refractivity (Wildman–Crippen MR) is 58.8 cm³/mol. The van der Waals surface area contributed by atoms with Crippen molar-refractivity contribution in [1.82, 2.24) is 9.47 Å². The average Bonchev–Trinajstić information content (AvgIpc) is 2.83. The first-order chi connectivity index (χ1) is 7.58. The van der Waals surface area contributed by atoms with Gasteiger partial charge in [0, 0.05) is 5.38 Å². The summed E-state index contributed by atoms with van der Waals surface area (Å²) in [4.78, 5) is 28.6. The van der Waals surface area contributed by atoms with E-state index in [0.29, 0.717) is 11.4 Å². The minimum absolute atomic E-state index is 0.0909. The van der Waals surface area contributed by atoms with Crippen LogP contribution in [0.1, 0.15) is 10.5 Å². The van der Waals surface area contributed by atoms with E-state index in [1.165, 1.54) is 23.9 Å². The van der Waals surface area contributed by atoms with Crippen LogP contribution in [0, 0.1) is 10.1 Å². The minimum atomic E-state index is -0.505. The van der Waals surface area contributed by atoms with Crippen LogP contribution in [0.15, 0.2) is 22.4 Å². The number of aromatic nitrogens is 1. The van der Waals surface area contributed by atoms with Gasteiger partial charge in [0.05, 0.1) is 7.05 Å². The quantitative estimate of drug-likeness (QED) is 0.341. The second kappa shape index (κ2) is 3.58. The molecule has 0 radical (unpaired) electrons. The first-order valence-electron chi connectivity index (χ1n) is 4.25. The molecule has 8 heteroatoms. The molecule has 82 valence electrons. The smallest absolute Gasteiger partial charge is 0.296 e. The molecule has 1 atom stereocenters. The minimum Gasteiger partial charge on any atom is -0.296 e. The van der Waals surface area contributed by atoms with Crippen LogP contribution < -0.4 is 4.48 Å². The van der Waals surface area contributed by atoms with E-state index in [9.17, 15) is 14.9 Å². The zero-order valence-corrected chi connectivity index (χ0v) is 9.05. The van der Waals surface area contributed by atoms with Crippen molar-refractivity contribution in [1.29, 1.82) is 0 Å². The number of carbonyl (C=O) groups excluding carboxylic acids is 1. The molecule has 0 saturated heterocycles. The van der Waals surface area contributed by atoms with Crippen molar-refractivity contribution in [2.75, 3.05) is 7.05 Å². The first-order valence-corrected chi connectivity index (χ1v) is 5.13. The summed E-state index contributed by atoms with van der Waals surface area (Å²) in [6.45, 7) is 0. The third-order valence-corrected chi connectivity index (χ3v) is 3.22. The Morgan fingerprint density at radius 3 is 2.94 bits per heavy atom. The number of aldehydes is 1. The van der Waals surface area contributed by atoms with Crippen molar-refractivity contribution in [2.45, 2.75) is 0 Å². The van der Waals surface area contributed by atoms with Gasteiger partial charge >= 0.3 is 11.0 Å². The summed E-state index contributed by atoms with van der Waals surface area (Å²) in [6.07, 6.45) is 3.20. The molecule has 0 saturated carbocycles. The highest BCUT2D eigenvalue weighted by atomic mass is 32.1. The maximum absolute atomic E-state index is 10.8. The van der Waals surface area contributed by atoms with Gasteiger partial charge in [-0.15, -0.1) is 4.48 Å². The lowest BCUT2D eigenvalue weighted by molar-refractivity contribution is -0.439. The molecule has 1 aromatic heterocycles. The van der Waals surface area contributed by atoms with Crippen LogP contribution in [-0.2, 0) is 0 Å². The van der Waals surface area contributed by atoms with E-state index in [2.05, 4.69) is 9.98 Å². The number of nitrogens with zero attached hydrogens (tertiary/aromatic N) is 4. The zero-order valence-electron chi connectivity index (χ0n) is 8.23. The van der Waals surface area contributed by atoms with Gasteiger partial charge in [0.1, 0.15) is 10.6 Å². The van der Waals surface area contributed by atoms with Gasteiger partial charge < -0.3 is 0 Å². The molecule has 1 aliphatic heterocycles. The van der Waals surface area contributed by atoms with Crippen molar-refractivity contribution in [3.8, 4) is 0 Å². The topological polar surface area (TPSA) is 85.5 Å². The molecule has 0 bridgehead atoms. The number of thiazole rings is 1. The van der Waals surface area contributed by atoms with Gasteiger partial charge in [-0.1, -0.05) is 11.3 Å². The van der Waals surface area contributed by atoms with Crippen molar-refractivity contribution < 1.29 is 9.72 Å². The van der Waals surface area contributed by atoms with Gasteiger partial charge in [0.2, 0.25) is 6.34 Å². The molecule has 7 nitrogen and oxygen atoms in total. The average molecular weight is 239 g/mol. The molecule has 1 aromatic rings. The van der Waals surface area contributed by atoms with Crippen LogP contribution in [0.4, 0.5) is 5.13 Å². The summed E-state index contributed by atoms with van der Waals surface area (Å²) in [5.74, 6) is -0.0909. The SMILES string of the molecule is C[N+]1(c2nc(C=O)cs2)C=NC=C1[N+](=O)[O-]. The molecule has 0 aromatic carbocycles. The molecule has 0 amide bonds. The van der Waals surface area contributed by atoms with Crippen LogP contribution in [0.3, 0.4) is 0 Å². The van der Waals surface area contributed by atoms with Gasteiger partial charge in [-0.25, -0.2) is 0 Å². The van der Waals surface area contributed by atoms with E-state index in [1.54, 1.807) is 12.4 Å². The summed E-state index contributed by atoms with van der Waals surface area (Å²) >= 11 is 1.18. The second-order valence-electron chi connectivity index (χ2n) is 3.26. The predicted octanol–water partition coefficient (Wildman–Crippen LogP) is 1.01. The molecule has 1 aliphatic rings. The van der Waals surface area contributed by atoms with Gasteiger partial charge in [-0.3, -0.25) is 14.9 Å². The van der Waals surface area contributed by atoms with Gasteiger partial charge in [-0.05, 0) is 0 Å². The number of quaternary nitrogens is 1. The van der Waals surface area contributed by atoms with E-state index in [-0.39, 0.29) is 16.0 Å². The second-order valence-corrected chi connectivity index (χ2v) is 4.09. The summed E-state index contributed by atoms with van der Waals surface area (Å²) in [7, 11) is 1.60. The molecule has 2 heterocycles.